The molecule has 3 rings (SSSR count). The first kappa shape index (κ1) is 24.5. The number of benzene rings is 2. The van der Waals surface area contributed by atoms with Crippen molar-refractivity contribution >= 4 is 0 Å². The van der Waals surface area contributed by atoms with E-state index in [9.17, 15) is 8.78 Å². The minimum atomic E-state index is -0.891. The Kier molecular flexibility index (Phi) is 9.77. The zero-order chi connectivity index (χ0) is 22.8. The molecule has 0 radical (unpaired) electrons. The van der Waals surface area contributed by atoms with E-state index in [-0.39, 0.29) is 11.3 Å². The Morgan fingerprint density at radius 2 is 1.62 bits per heavy atom. The van der Waals surface area contributed by atoms with E-state index in [2.05, 4.69) is 25.6 Å². The van der Waals surface area contributed by atoms with Gasteiger partial charge in [0.1, 0.15) is 0 Å². The summed E-state index contributed by atoms with van der Waals surface area (Å²) in [5, 5.41) is 0. The van der Waals surface area contributed by atoms with Crippen LogP contribution in [-0.4, -0.2) is 6.61 Å². The second kappa shape index (κ2) is 12.8. The van der Waals surface area contributed by atoms with Crippen molar-refractivity contribution in [3.8, 4) is 16.9 Å². The quantitative estimate of drug-likeness (QED) is 0.236. The fraction of sp³-hybridized carbons (Fsp3) is 0.517. The van der Waals surface area contributed by atoms with E-state index < -0.39 is 11.6 Å². The highest BCUT2D eigenvalue weighted by Crippen LogP contribution is 2.38. The van der Waals surface area contributed by atoms with Gasteiger partial charge in [0, 0.05) is 5.56 Å². The number of unbranched alkanes of at least 4 members (excludes halogenated alkanes) is 4. The van der Waals surface area contributed by atoms with Crippen molar-refractivity contribution in [3.63, 3.8) is 0 Å². The maximum Gasteiger partial charge on any atom is 0.201 e. The van der Waals surface area contributed by atoms with E-state index in [1.165, 1.54) is 50.5 Å². The van der Waals surface area contributed by atoms with Crippen molar-refractivity contribution in [1.82, 2.24) is 0 Å². The van der Waals surface area contributed by atoms with Crippen molar-refractivity contribution in [3.05, 3.63) is 66.3 Å². The van der Waals surface area contributed by atoms with Gasteiger partial charge < -0.3 is 4.74 Å². The molecule has 0 atom stereocenters. The van der Waals surface area contributed by atoms with Gasteiger partial charge in [-0.25, -0.2) is 4.39 Å². The summed E-state index contributed by atoms with van der Waals surface area (Å²) in [5.41, 5.74) is 2.30. The minimum absolute atomic E-state index is 0.00609. The summed E-state index contributed by atoms with van der Waals surface area (Å²) in [6, 6.07) is 11.2. The molecule has 0 aromatic heterocycles. The van der Waals surface area contributed by atoms with Crippen molar-refractivity contribution in [2.24, 2.45) is 5.92 Å². The van der Waals surface area contributed by atoms with Crippen LogP contribution < -0.4 is 4.74 Å². The third-order valence-corrected chi connectivity index (χ3v) is 6.87. The van der Waals surface area contributed by atoms with Crippen LogP contribution in [0.15, 0.2) is 49.1 Å². The van der Waals surface area contributed by atoms with E-state index in [4.69, 9.17) is 4.74 Å². The highest BCUT2D eigenvalue weighted by atomic mass is 19.2. The molecule has 0 amide bonds. The molecule has 0 N–H and O–H groups in total. The van der Waals surface area contributed by atoms with Crippen LogP contribution in [0.1, 0.15) is 89.0 Å². The Morgan fingerprint density at radius 3 is 2.31 bits per heavy atom. The highest BCUT2D eigenvalue weighted by Gasteiger charge is 2.22. The highest BCUT2D eigenvalue weighted by molar-refractivity contribution is 5.65. The molecule has 32 heavy (non-hydrogen) atoms. The van der Waals surface area contributed by atoms with Crippen molar-refractivity contribution in [2.75, 3.05) is 6.61 Å². The van der Waals surface area contributed by atoms with Gasteiger partial charge in [0.2, 0.25) is 5.82 Å². The van der Waals surface area contributed by atoms with E-state index in [1.54, 1.807) is 12.1 Å². The van der Waals surface area contributed by atoms with Crippen LogP contribution in [-0.2, 0) is 0 Å². The average Bonchev–Trinajstić information content (AvgIpc) is 2.83. The first-order chi connectivity index (χ1) is 15.6. The van der Waals surface area contributed by atoms with E-state index in [0.29, 0.717) is 18.1 Å². The Morgan fingerprint density at radius 1 is 0.906 bits per heavy atom. The van der Waals surface area contributed by atoms with Crippen molar-refractivity contribution < 1.29 is 13.5 Å². The van der Waals surface area contributed by atoms with Crippen molar-refractivity contribution in [2.45, 2.75) is 83.5 Å². The molecular weight excluding hydrogens is 402 g/mol. The van der Waals surface area contributed by atoms with Gasteiger partial charge in [-0.3, -0.25) is 0 Å². The summed E-state index contributed by atoms with van der Waals surface area (Å²) in [6.07, 6.45) is 14.8. The predicted molar refractivity (Wildman–Crippen MR) is 130 cm³/mol. The molecule has 1 aliphatic carbocycles. The van der Waals surface area contributed by atoms with Gasteiger partial charge in [0.05, 0.1) is 6.61 Å². The molecule has 1 aliphatic rings. The van der Waals surface area contributed by atoms with Gasteiger partial charge in [-0.15, -0.1) is 6.58 Å². The van der Waals surface area contributed by atoms with E-state index >= 15 is 0 Å². The lowest BCUT2D eigenvalue weighted by Crippen LogP contribution is -2.13. The lowest BCUT2D eigenvalue weighted by molar-refractivity contribution is 0.285. The van der Waals surface area contributed by atoms with Crippen LogP contribution in [0.3, 0.4) is 0 Å². The zero-order valence-corrected chi connectivity index (χ0v) is 19.6. The number of hydrogen-bond donors (Lipinski definition) is 0. The maximum atomic E-state index is 14.8. The topological polar surface area (TPSA) is 9.23 Å². The molecule has 1 saturated carbocycles. The second-order valence-corrected chi connectivity index (χ2v) is 9.21. The first-order valence-electron chi connectivity index (χ1n) is 12.5. The molecule has 0 unspecified atom stereocenters. The molecule has 2 aromatic rings. The van der Waals surface area contributed by atoms with Gasteiger partial charge in [0.15, 0.2) is 11.6 Å². The van der Waals surface area contributed by atoms with Crippen molar-refractivity contribution in [1.29, 1.82) is 0 Å². The Balaban J connectivity index is 1.57. The molecule has 0 saturated heterocycles. The van der Waals surface area contributed by atoms with Crippen LogP contribution in [0, 0.1) is 17.6 Å². The van der Waals surface area contributed by atoms with Gasteiger partial charge >= 0.3 is 0 Å². The molecule has 0 bridgehead atoms. The molecule has 1 fully saturated rings. The molecule has 0 aliphatic heterocycles. The standard InChI is InChI=1S/C29H38F2O/c1-3-5-7-8-9-21-32-27-20-19-26(28(30)29(27)31)25-17-15-24(16-18-25)23-13-11-22(12-14-23)10-6-4-2/h4,15-20,22-23H,2-3,5-14,21H2,1H3. The third-order valence-electron chi connectivity index (χ3n) is 6.87. The third kappa shape index (κ3) is 6.67. The van der Waals surface area contributed by atoms with Gasteiger partial charge in [-0.2, -0.15) is 4.39 Å². The number of halogens is 2. The SMILES string of the molecule is C=CCCC1CCC(c2ccc(-c3ccc(OCCCCCCC)c(F)c3F)cc2)CC1. The zero-order valence-electron chi connectivity index (χ0n) is 19.6. The fourth-order valence-electron chi connectivity index (χ4n) is 4.83. The lowest BCUT2D eigenvalue weighted by atomic mass is 9.77. The molecule has 1 nitrogen and oxygen atoms in total. The molecule has 0 heterocycles. The summed E-state index contributed by atoms with van der Waals surface area (Å²) >= 11 is 0. The largest absolute Gasteiger partial charge is 0.490 e. The number of hydrogen-bond acceptors (Lipinski definition) is 1. The number of rotatable bonds is 12. The summed E-state index contributed by atoms with van der Waals surface area (Å²) in [6.45, 7) is 6.41. The number of ether oxygens (including phenoxy) is 1. The molecule has 0 spiro atoms. The normalized spacial score (nSPS) is 18.5. The molecule has 3 heteroatoms. The van der Waals surface area contributed by atoms with Gasteiger partial charge in [0.25, 0.3) is 0 Å². The first-order valence-corrected chi connectivity index (χ1v) is 12.5. The average molecular weight is 441 g/mol. The number of allylic oxidation sites excluding steroid dienone is 1. The van der Waals surface area contributed by atoms with E-state index in [1.807, 2.05) is 18.2 Å². The molecule has 174 valence electrons. The predicted octanol–water partition coefficient (Wildman–Crippen LogP) is 9.22. The van der Waals surface area contributed by atoms with Crippen LogP contribution in [0.5, 0.6) is 5.75 Å². The molecular formula is C29H38F2O. The summed E-state index contributed by atoms with van der Waals surface area (Å²) in [7, 11) is 0. The Bertz CT molecular complexity index is 835. The summed E-state index contributed by atoms with van der Waals surface area (Å²) < 4.78 is 34.8. The fourth-order valence-corrected chi connectivity index (χ4v) is 4.83. The Hall–Kier alpha value is -2.16. The smallest absolute Gasteiger partial charge is 0.201 e. The van der Waals surface area contributed by atoms with Crippen LogP contribution in [0.25, 0.3) is 11.1 Å². The summed E-state index contributed by atoms with van der Waals surface area (Å²) in [4.78, 5) is 0. The minimum Gasteiger partial charge on any atom is -0.490 e. The van der Waals surface area contributed by atoms with Crippen LogP contribution >= 0.6 is 0 Å². The van der Waals surface area contributed by atoms with Gasteiger partial charge in [-0.1, -0.05) is 62.9 Å². The monoisotopic (exact) mass is 440 g/mol. The van der Waals surface area contributed by atoms with Gasteiger partial charge in [-0.05, 0) is 80.0 Å². The Labute approximate surface area is 192 Å². The van der Waals surface area contributed by atoms with E-state index in [0.717, 1.165) is 31.6 Å². The maximum absolute atomic E-state index is 14.8. The van der Waals surface area contributed by atoms with Crippen LogP contribution in [0.4, 0.5) is 8.78 Å². The second-order valence-electron chi connectivity index (χ2n) is 9.21. The van der Waals surface area contributed by atoms with Crippen LogP contribution in [0.2, 0.25) is 0 Å². The summed E-state index contributed by atoms with van der Waals surface area (Å²) in [5.74, 6) is -0.329. The molecule has 2 aromatic carbocycles. The lowest BCUT2D eigenvalue weighted by Gasteiger charge is -2.28.